The highest BCUT2D eigenvalue weighted by Gasteiger charge is 2.40. The van der Waals surface area contributed by atoms with Crippen LogP contribution >= 0.6 is 0 Å². The summed E-state index contributed by atoms with van der Waals surface area (Å²) >= 11 is 0. The number of carbonyl (C=O) groups excluding carboxylic acids is 1. The zero-order valence-electron chi connectivity index (χ0n) is 13.4. The number of piperidine rings is 1. The van der Waals surface area contributed by atoms with Crippen molar-refractivity contribution in [3.63, 3.8) is 0 Å². The summed E-state index contributed by atoms with van der Waals surface area (Å²) in [5.41, 5.74) is 7.17. The van der Waals surface area contributed by atoms with Crippen LogP contribution in [0.25, 0.3) is 0 Å². The topological polar surface area (TPSA) is 55.6 Å². The van der Waals surface area contributed by atoms with E-state index < -0.39 is 0 Å². The third-order valence-electron chi connectivity index (χ3n) is 3.90. The molecule has 2 atom stereocenters. The first-order valence-electron chi connectivity index (χ1n) is 7.65. The Bertz CT molecular complexity index is 491. The summed E-state index contributed by atoms with van der Waals surface area (Å²) in [5.74, 6) is 1.03. The van der Waals surface area contributed by atoms with Crippen LogP contribution in [0, 0.1) is 0 Å². The number of ether oxygens (including phenoxy) is 1. The molecule has 116 valence electrons. The van der Waals surface area contributed by atoms with E-state index in [-0.39, 0.29) is 23.5 Å². The van der Waals surface area contributed by atoms with Gasteiger partial charge in [-0.3, -0.25) is 4.79 Å². The van der Waals surface area contributed by atoms with Crippen LogP contribution in [0.5, 0.6) is 5.75 Å². The van der Waals surface area contributed by atoms with Crippen molar-refractivity contribution in [1.82, 2.24) is 4.90 Å². The van der Waals surface area contributed by atoms with Gasteiger partial charge in [0.1, 0.15) is 5.75 Å². The Morgan fingerprint density at radius 2 is 1.90 bits per heavy atom. The first kappa shape index (κ1) is 15.8. The molecule has 1 aliphatic rings. The van der Waals surface area contributed by atoms with Gasteiger partial charge in [0.15, 0.2) is 0 Å². The van der Waals surface area contributed by atoms with E-state index in [2.05, 4.69) is 20.8 Å². The van der Waals surface area contributed by atoms with Gasteiger partial charge in [-0.25, -0.2) is 0 Å². The monoisotopic (exact) mass is 290 g/mol. The first-order chi connectivity index (χ1) is 9.84. The summed E-state index contributed by atoms with van der Waals surface area (Å²) in [5, 5.41) is 0. The number of amides is 1. The maximum absolute atomic E-state index is 12.4. The van der Waals surface area contributed by atoms with E-state index in [9.17, 15) is 4.79 Å². The van der Waals surface area contributed by atoms with Crippen molar-refractivity contribution in [1.29, 1.82) is 0 Å². The average molecular weight is 290 g/mol. The van der Waals surface area contributed by atoms with Gasteiger partial charge in [0.05, 0.1) is 12.6 Å². The van der Waals surface area contributed by atoms with Crippen LogP contribution in [0.15, 0.2) is 24.3 Å². The minimum absolute atomic E-state index is 0.0279. The molecule has 1 aromatic carbocycles. The highest BCUT2D eigenvalue weighted by molar-refractivity contribution is 5.78. The number of nitrogens with two attached hydrogens (primary N) is 1. The zero-order chi connectivity index (χ0) is 15.6. The molecule has 0 aliphatic carbocycles. The van der Waals surface area contributed by atoms with Gasteiger partial charge in [0.2, 0.25) is 5.91 Å². The normalized spacial score (nSPS) is 23.3. The van der Waals surface area contributed by atoms with Crippen molar-refractivity contribution < 1.29 is 9.53 Å². The largest absolute Gasteiger partial charge is 0.494 e. The highest BCUT2D eigenvalue weighted by Crippen LogP contribution is 2.36. The van der Waals surface area contributed by atoms with Crippen LogP contribution in [0.1, 0.15) is 52.1 Å². The van der Waals surface area contributed by atoms with E-state index in [4.69, 9.17) is 10.5 Å². The lowest BCUT2D eigenvalue weighted by Gasteiger charge is -2.47. The van der Waals surface area contributed by atoms with Gasteiger partial charge in [-0.2, -0.15) is 0 Å². The van der Waals surface area contributed by atoms with Crippen LogP contribution in [0.2, 0.25) is 0 Å². The van der Waals surface area contributed by atoms with E-state index in [1.165, 1.54) is 0 Å². The standard InChI is InChI=1S/C17H26N2O2/c1-5-21-13-8-6-12(7-9-13)16-14(18)10-11-15(20)19(16)17(2,3)4/h6-9,14,16H,5,10-11,18H2,1-4H3. The van der Waals surface area contributed by atoms with E-state index in [0.29, 0.717) is 13.0 Å². The third-order valence-corrected chi connectivity index (χ3v) is 3.90. The summed E-state index contributed by atoms with van der Waals surface area (Å²) in [6, 6.07) is 7.85. The molecule has 1 aliphatic heterocycles. The molecule has 2 rings (SSSR count). The zero-order valence-corrected chi connectivity index (χ0v) is 13.4. The molecule has 21 heavy (non-hydrogen) atoms. The van der Waals surface area contributed by atoms with Gasteiger partial charge in [-0.15, -0.1) is 0 Å². The van der Waals surface area contributed by atoms with Crippen molar-refractivity contribution >= 4 is 5.91 Å². The molecule has 4 heteroatoms. The smallest absolute Gasteiger partial charge is 0.223 e. The number of hydrogen-bond acceptors (Lipinski definition) is 3. The Balaban J connectivity index is 2.34. The third kappa shape index (κ3) is 3.38. The molecule has 0 aromatic heterocycles. The summed E-state index contributed by atoms with van der Waals surface area (Å²) in [7, 11) is 0. The number of carbonyl (C=O) groups is 1. The van der Waals surface area contributed by atoms with Gasteiger partial charge < -0.3 is 15.4 Å². The van der Waals surface area contributed by atoms with Crippen LogP contribution in [0.4, 0.5) is 0 Å². The van der Waals surface area contributed by atoms with Crippen LogP contribution in [0.3, 0.4) is 0 Å². The van der Waals surface area contributed by atoms with E-state index in [0.717, 1.165) is 17.7 Å². The second-order valence-electron chi connectivity index (χ2n) is 6.58. The van der Waals surface area contributed by atoms with Crippen molar-refractivity contribution in [3.8, 4) is 5.75 Å². The van der Waals surface area contributed by atoms with Gasteiger partial charge in [-0.1, -0.05) is 12.1 Å². The van der Waals surface area contributed by atoms with Gasteiger partial charge >= 0.3 is 0 Å². The molecule has 4 nitrogen and oxygen atoms in total. The van der Waals surface area contributed by atoms with Crippen molar-refractivity contribution in [2.24, 2.45) is 5.73 Å². The number of benzene rings is 1. The molecule has 1 saturated heterocycles. The lowest BCUT2D eigenvalue weighted by atomic mass is 9.86. The minimum atomic E-state index is -0.238. The van der Waals surface area contributed by atoms with Gasteiger partial charge in [0, 0.05) is 18.0 Å². The van der Waals surface area contributed by atoms with Crippen molar-refractivity contribution in [2.75, 3.05) is 6.61 Å². The predicted molar refractivity (Wildman–Crippen MR) is 84.2 cm³/mol. The second kappa shape index (κ2) is 6.06. The Kier molecular flexibility index (Phi) is 4.57. The molecule has 0 saturated carbocycles. The van der Waals surface area contributed by atoms with Crippen LogP contribution < -0.4 is 10.5 Å². The fourth-order valence-corrected chi connectivity index (χ4v) is 3.03. The maximum Gasteiger partial charge on any atom is 0.223 e. The molecule has 1 heterocycles. The predicted octanol–water partition coefficient (Wildman–Crippen LogP) is 2.87. The quantitative estimate of drug-likeness (QED) is 0.931. The Hall–Kier alpha value is -1.55. The number of nitrogens with zero attached hydrogens (tertiary/aromatic N) is 1. The first-order valence-corrected chi connectivity index (χ1v) is 7.65. The summed E-state index contributed by atoms with van der Waals surface area (Å²) < 4.78 is 5.48. The highest BCUT2D eigenvalue weighted by atomic mass is 16.5. The SMILES string of the molecule is CCOc1ccc(C2C(N)CCC(=O)N2C(C)(C)C)cc1. The Morgan fingerprint density at radius 1 is 1.29 bits per heavy atom. The number of rotatable bonds is 3. The van der Waals surface area contributed by atoms with E-state index >= 15 is 0 Å². The summed E-state index contributed by atoms with van der Waals surface area (Å²) in [6.07, 6.45) is 1.27. The average Bonchev–Trinajstić information content (AvgIpc) is 2.41. The molecule has 0 spiro atoms. The van der Waals surface area contributed by atoms with Crippen LogP contribution in [-0.2, 0) is 4.79 Å². The molecule has 2 N–H and O–H groups in total. The lowest BCUT2D eigenvalue weighted by molar-refractivity contribution is -0.144. The molecule has 1 fully saturated rings. The maximum atomic E-state index is 12.4. The molecular formula is C17H26N2O2. The van der Waals surface area contributed by atoms with E-state index in [1.54, 1.807) is 0 Å². The molecule has 0 radical (unpaired) electrons. The lowest BCUT2D eigenvalue weighted by Crippen LogP contribution is -2.56. The molecular weight excluding hydrogens is 264 g/mol. The Morgan fingerprint density at radius 3 is 2.43 bits per heavy atom. The summed E-state index contributed by atoms with van der Waals surface area (Å²) in [4.78, 5) is 14.3. The van der Waals surface area contributed by atoms with Crippen molar-refractivity contribution in [3.05, 3.63) is 29.8 Å². The Labute approximate surface area is 127 Å². The minimum Gasteiger partial charge on any atom is -0.494 e. The van der Waals surface area contributed by atoms with Gasteiger partial charge in [-0.05, 0) is 51.8 Å². The van der Waals surface area contributed by atoms with Gasteiger partial charge in [0.25, 0.3) is 0 Å². The fraction of sp³-hybridized carbons (Fsp3) is 0.588. The van der Waals surface area contributed by atoms with Crippen LogP contribution in [-0.4, -0.2) is 29.0 Å². The molecule has 0 bridgehead atoms. The van der Waals surface area contributed by atoms with Crippen molar-refractivity contribution in [2.45, 2.75) is 58.2 Å². The number of hydrogen-bond donors (Lipinski definition) is 1. The van der Waals surface area contributed by atoms with E-state index in [1.807, 2.05) is 36.1 Å². The summed E-state index contributed by atoms with van der Waals surface area (Å²) in [6.45, 7) is 8.79. The second-order valence-corrected chi connectivity index (χ2v) is 6.58. The molecule has 1 aromatic rings. The number of likely N-dealkylation sites (tertiary alicyclic amines) is 1. The molecule has 1 amide bonds. The fourth-order valence-electron chi connectivity index (χ4n) is 3.03. The molecule has 2 unspecified atom stereocenters.